The molecule has 5 nitrogen and oxygen atoms in total. The second kappa shape index (κ2) is 11.4. The predicted molar refractivity (Wildman–Crippen MR) is 126 cm³/mol. The number of halogens is 1. The van der Waals surface area contributed by atoms with Crippen LogP contribution in [0.5, 0.6) is 0 Å². The fourth-order valence-corrected chi connectivity index (χ4v) is 4.65. The van der Waals surface area contributed by atoms with E-state index in [1.807, 2.05) is 18.2 Å². The van der Waals surface area contributed by atoms with E-state index in [2.05, 4.69) is 24.4 Å². The molecule has 0 spiro atoms. The molecular weight excluding hydrogens is 421 g/mol. The highest BCUT2D eigenvalue weighted by Gasteiger charge is 2.51. The summed E-state index contributed by atoms with van der Waals surface area (Å²) in [6.45, 7) is 2.57. The smallest absolute Gasteiger partial charge is 0.321 e. The maximum atomic E-state index is 14.8. The minimum atomic E-state index is -1.73. The fraction of sp³-hybridized carbons (Fsp3) is 0.481. The normalized spacial score (nSPS) is 17.2. The summed E-state index contributed by atoms with van der Waals surface area (Å²) in [6.07, 6.45) is 7.86. The minimum Gasteiger partial charge on any atom is -0.480 e. The molecular formula is C27H34FNO4. The molecule has 3 rings (SSSR count). The standard InChI is InChI=1S/C27H34FNO4/c1-2-3-4-5-6-7-19-8-11-21(12-9-19)23-13-10-20(16-24(23)28)18-29-22-14-15-27(17-22,25(30)31)26(32)33/h8-13,16,22,29H,2-7,14-15,17-18H2,1H3,(H,30,31)(H,32,33). The van der Waals surface area contributed by atoms with Crippen molar-refractivity contribution in [1.82, 2.24) is 5.32 Å². The molecule has 3 N–H and O–H groups in total. The Morgan fingerprint density at radius 1 is 1.00 bits per heavy atom. The summed E-state index contributed by atoms with van der Waals surface area (Å²) in [5, 5.41) is 21.9. The number of hydrogen-bond acceptors (Lipinski definition) is 3. The molecule has 1 unspecified atom stereocenters. The molecule has 1 aliphatic rings. The number of rotatable bonds is 12. The Hall–Kier alpha value is -2.73. The van der Waals surface area contributed by atoms with Crippen LogP contribution in [0.1, 0.15) is 69.4 Å². The van der Waals surface area contributed by atoms with E-state index in [1.165, 1.54) is 43.7 Å². The van der Waals surface area contributed by atoms with E-state index in [4.69, 9.17) is 0 Å². The number of carbonyl (C=O) groups is 2. The van der Waals surface area contributed by atoms with Crippen molar-refractivity contribution in [3.63, 3.8) is 0 Å². The summed E-state index contributed by atoms with van der Waals surface area (Å²) < 4.78 is 14.8. The number of unbranched alkanes of at least 4 members (excludes halogenated alkanes) is 4. The van der Waals surface area contributed by atoms with Gasteiger partial charge in [-0.05, 0) is 54.9 Å². The van der Waals surface area contributed by atoms with Crippen molar-refractivity contribution >= 4 is 11.9 Å². The zero-order chi connectivity index (χ0) is 23.8. The lowest BCUT2D eigenvalue weighted by Gasteiger charge is -2.19. The maximum absolute atomic E-state index is 14.8. The maximum Gasteiger partial charge on any atom is 0.321 e. The first-order valence-electron chi connectivity index (χ1n) is 11.9. The summed E-state index contributed by atoms with van der Waals surface area (Å²) in [5.74, 6) is -2.90. The van der Waals surface area contributed by atoms with Gasteiger partial charge in [0.2, 0.25) is 0 Å². The molecule has 1 fully saturated rings. The summed E-state index contributed by atoms with van der Waals surface area (Å²) >= 11 is 0. The molecule has 178 valence electrons. The van der Waals surface area contributed by atoms with E-state index in [0.717, 1.165) is 17.5 Å². The van der Waals surface area contributed by atoms with E-state index in [-0.39, 0.29) is 24.7 Å². The molecule has 0 aliphatic heterocycles. The molecule has 2 aromatic rings. The van der Waals surface area contributed by atoms with Gasteiger partial charge in [-0.1, -0.05) is 69.0 Å². The number of aliphatic carboxylic acids is 2. The molecule has 1 aliphatic carbocycles. The lowest BCUT2D eigenvalue weighted by atomic mass is 9.86. The van der Waals surface area contributed by atoms with Gasteiger partial charge in [-0.15, -0.1) is 0 Å². The molecule has 0 amide bonds. The molecule has 0 radical (unpaired) electrons. The Balaban J connectivity index is 1.55. The number of benzene rings is 2. The molecule has 0 saturated heterocycles. The van der Waals surface area contributed by atoms with Gasteiger partial charge >= 0.3 is 11.9 Å². The van der Waals surface area contributed by atoms with Crippen LogP contribution >= 0.6 is 0 Å². The van der Waals surface area contributed by atoms with Gasteiger partial charge in [0.05, 0.1) is 0 Å². The van der Waals surface area contributed by atoms with Crippen molar-refractivity contribution in [1.29, 1.82) is 0 Å². The largest absolute Gasteiger partial charge is 0.480 e. The Morgan fingerprint density at radius 2 is 1.67 bits per heavy atom. The van der Waals surface area contributed by atoms with Crippen molar-refractivity contribution in [2.24, 2.45) is 5.41 Å². The summed E-state index contributed by atoms with van der Waals surface area (Å²) in [6, 6.07) is 12.9. The van der Waals surface area contributed by atoms with Crippen LogP contribution in [-0.4, -0.2) is 28.2 Å². The lowest BCUT2D eigenvalue weighted by Crippen LogP contribution is -2.39. The molecule has 0 bridgehead atoms. The SMILES string of the molecule is CCCCCCCc1ccc(-c2ccc(CNC3CCC(C(=O)O)(C(=O)O)C3)cc2F)cc1. The van der Waals surface area contributed by atoms with Crippen LogP contribution in [0.25, 0.3) is 11.1 Å². The molecule has 2 aromatic carbocycles. The van der Waals surface area contributed by atoms with Gasteiger partial charge in [0.25, 0.3) is 0 Å². The number of nitrogens with one attached hydrogen (secondary N) is 1. The van der Waals surface area contributed by atoms with Gasteiger partial charge in [0.1, 0.15) is 5.82 Å². The van der Waals surface area contributed by atoms with Gasteiger partial charge in [0, 0.05) is 18.2 Å². The van der Waals surface area contributed by atoms with Gasteiger partial charge in [-0.3, -0.25) is 9.59 Å². The van der Waals surface area contributed by atoms with Gasteiger partial charge < -0.3 is 15.5 Å². The Morgan fingerprint density at radius 3 is 2.27 bits per heavy atom. The highest BCUT2D eigenvalue weighted by Crippen LogP contribution is 2.39. The van der Waals surface area contributed by atoms with E-state index in [0.29, 0.717) is 18.5 Å². The van der Waals surface area contributed by atoms with Crippen molar-refractivity contribution in [2.75, 3.05) is 0 Å². The zero-order valence-electron chi connectivity index (χ0n) is 19.3. The first kappa shape index (κ1) is 24.9. The number of carboxylic acid groups (broad SMARTS) is 2. The minimum absolute atomic E-state index is 0.0309. The third-order valence-corrected chi connectivity index (χ3v) is 6.80. The number of hydrogen-bond donors (Lipinski definition) is 3. The zero-order valence-corrected chi connectivity index (χ0v) is 19.3. The molecule has 1 atom stereocenters. The third-order valence-electron chi connectivity index (χ3n) is 6.80. The highest BCUT2D eigenvalue weighted by molar-refractivity contribution is 5.98. The van der Waals surface area contributed by atoms with Crippen LogP contribution < -0.4 is 5.32 Å². The van der Waals surface area contributed by atoms with E-state index >= 15 is 0 Å². The van der Waals surface area contributed by atoms with Gasteiger partial charge in [-0.25, -0.2) is 4.39 Å². The summed E-state index contributed by atoms with van der Waals surface area (Å²) in [4.78, 5) is 22.9. The average Bonchev–Trinajstić information content (AvgIpc) is 3.24. The Labute approximate surface area is 195 Å². The van der Waals surface area contributed by atoms with Crippen LogP contribution in [0.2, 0.25) is 0 Å². The van der Waals surface area contributed by atoms with E-state index < -0.39 is 17.4 Å². The molecule has 0 aromatic heterocycles. The molecule has 6 heteroatoms. The topological polar surface area (TPSA) is 86.6 Å². The third kappa shape index (κ3) is 6.20. The predicted octanol–water partition coefficient (Wildman–Crippen LogP) is 5.80. The number of carboxylic acids is 2. The van der Waals surface area contributed by atoms with Crippen molar-refractivity contribution < 1.29 is 24.2 Å². The fourth-order valence-electron chi connectivity index (χ4n) is 4.65. The highest BCUT2D eigenvalue weighted by atomic mass is 19.1. The number of aryl methyl sites for hydroxylation is 1. The second-order valence-electron chi connectivity index (χ2n) is 9.19. The van der Waals surface area contributed by atoms with Gasteiger partial charge in [-0.2, -0.15) is 0 Å². The van der Waals surface area contributed by atoms with E-state index in [1.54, 1.807) is 6.07 Å². The summed E-state index contributed by atoms with van der Waals surface area (Å²) in [7, 11) is 0. The van der Waals surface area contributed by atoms with Crippen LogP contribution in [0.3, 0.4) is 0 Å². The molecule has 1 saturated carbocycles. The first-order chi connectivity index (χ1) is 15.9. The Kier molecular flexibility index (Phi) is 8.61. The van der Waals surface area contributed by atoms with E-state index in [9.17, 15) is 24.2 Å². The molecule has 33 heavy (non-hydrogen) atoms. The quantitative estimate of drug-likeness (QED) is 0.278. The average molecular weight is 456 g/mol. The van der Waals surface area contributed by atoms with Crippen LogP contribution in [-0.2, 0) is 22.6 Å². The van der Waals surface area contributed by atoms with Crippen molar-refractivity contribution in [3.05, 3.63) is 59.4 Å². The van der Waals surface area contributed by atoms with Gasteiger partial charge in [0.15, 0.2) is 5.41 Å². The van der Waals surface area contributed by atoms with Crippen LogP contribution in [0, 0.1) is 11.2 Å². The monoisotopic (exact) mass is 455 g/mol. The van der Waals surface area contributed by atoms with Crippen molar-refractivity contribution in [3.8, 4) is 11.1 Å². The van der Waals surface area contributed by atoms with Crippen LogP contribution in [0.15, 0.2) is 42.5 Å². The lowest BCUT2D eigenvalue weighted by molar-refractivity contribution is -0.164. The Bertz CT molecular complexity index is 943. The van der Waals surface area contributed by atoms with Crippen LogP contribution in [0.4, 0.5) is 4.39 Å². The summed E-state index contributed by atoms with van der Waals surface area (Å²) in [5.41, 5.74) is 1.67. The first-order valence-corrected chi connectivity index (χ1v) is 11.9. The molecule has 0 heterocycles. The second-order valence-corrected chi connectivity index (χ2v) is 9.19. The van der Waals surface area contributed by atoms with Crippen molar-refractivity contribution in [2.45, 2.75) is 77.3 Å².